The third kappa shape index (κ3) is 2.42. The Morgan fingerprint density at radius 1 is 1.78 bits per heavy atom. The Hall–Kier alpha value is 0.690. The lowest BCUT2D eigenvalue weighted by atomic mass is 10.1. The second-order valence-electron chi connectivity index (χ2n) is 1.90. The highest BCUT2D eigenvalue weighted by Gasteiger charge is 2.26. The monoisotopic (exact) mass is 216 g/mol. The average Bonchev–Trinajstić information content (AvgIpc) is 1.95. The first-order valence-electron chi connectivity index (χ1n) is 2.69. The molecule has 0 heterocycles. The maximum atomic E-state index is 8.36. The zero-order chi connectivity index (χ0) is 7.33. The summed E-state index contributed by atoms with van der Waals surface area (Å²) in [5.41, 5.74) is -0.596. The summed E-state index contributed by atoms with van der Waals surface area (Å²) in [7, 11) is 0. The molecule has 1 N–H and O–H groups in total. The van der Waals surface area contributed by atoms with Crippen LogP contribution in [-0.4, -0.2) is 22.1 Å². The largest absolute Gasteiger partial charge is 0.251 e. The smallest absolute Gasteiger partial charge is 0.126 e. The molecule has 0 aliphatic carbocycles. The molecule has 0 saturated carbocycles. The standard InChI is InChI=1S/C5H10BrClO2/c1-2-5(3-6,4-7)9-8/h8H,2-4H2,1H3. The van der Waals surface area contributed by atoms with Crippen LogP contribution in [0, 0.1) is 0 Å². The predicted octanol–water partition coefficient (Wildman–Crippen LogP) is 2.26. The molecule has 0 fully saturated rings. The molecule has 2 nitrogen and oxygen atoms in total. The molecule has 4 heteroatoms. The van der Waals surface area contributed by atoms with E-state index in [1.54, 1.807) is 0 Å². The van der Waals surface area contributed by atoms with Gasteiger partial charge in [-0.05, 0) is 6.42 Å². The summed E-state index contributed by atoms with van der Waals surface area (Å²) in [4.78, 5) is 4.21. The number of alkyl halides is 2. The molecular weight excluding hydrogens is 207 g/mol. The first-order chi connectivity index (χ1) is 4.24. The van der Waals surface area contributed by atoms with Crippen molar-refractivity contribution in [2.24, 2.45) is 0 Å². The summed E-state index contributed by atoms with van der Waals surface area (Å²) in [6, 6.07) is 0. The fourth-order valence-corrected chi connectivity index (χ4v) is 1.60. The van der Waals surface area contributed by atoms with E-state index in [-0.39, 0.29) is 0 Å². The van der Waals surface area contributed by atoms with Gasteiger partial charge in [-0.3, -0.25) is 5.26 Å². The molecule has 1 atom stereocenters. The van der Waals surface area contributed by atoms with Gasteiger partial charge in [0.1, 0.15) is 5.60 Å². The predicted molar refractivity (Wildman–Crippen MR) is 41.2 cm³/mol. The summed E-state index contributed by atoms with van der Waals surface area (Å²) >= 11 is 8.69. The van der Waals surface area contributed by atoms with Crippen LogP contribution in [0.1, 0.15) is 13.3 Å². The summed E-state index contributed by atoms with van der Waals surface area (Å²) < 4.78 is 0. The van der Waals surface area contributed by atoms with Crippen molar-refractivity contribution in [2.75, 3.05) is 11.2 Å². The van der Waals surface area contributed by atoms with Crippen LogP contribution in [0.4, 0.5) is 0 Å². The van der Waals surface area contributed by atoms with Crippen molar-refractivity contribution < 1.29 is 10.1 Å². The van der Waals surface area contributed by atoms with Crippen molar-refractivity contribution in [1.82, 2.24) is 0 Å². The van der Waals surface area contributed by atoms with Gasteiger partial charge in [0.25, 0.3) is 0 Å². The minimum absolute atomic E-state index is 0.297. The highest BCUT2D eigenvalue weighted by molar-refractivity contribution is 9.09. The quantitative estimate of drug-likeness (QED) is 0.445. The van der Waals surface area contributed by atoms with Crippen LogP contribution >= 0.6 is 27.5 Å². The molecule has 56 valence electrons. The molecule has 0 aliphatic heterocycles. The van der Waals surface area contributed by atoms with Crippen LogP contribution in [0.5, 0.6) is 0 Å². The SMILES string of the molecule is CCC(CCl)(CBr)OO. The van der Waals surface area contributed by atoms with Crippen LogP contribution in [-0.2, 0) is 4.89 Å². The van der Waals surface area contributed by atoms with E-state index in [4.69, 9.17) is 16.9 Å². The highest BCUT2D eigenvalue weighted by Crippen LogP contribution is 2.18. The van der Waals surface area contributed by atoms with Crippen LogP contribution in [0.15, 0.2) is 0 Å². The van der Waals surface area contributed by atoms with Crippen LogP contribution in [0.25, 0.3) is 0 Å². The van der Waals surface area contributed by atoms with Gasteiger partial charge in [-0.1, -0.05) is 22.9 Å². The molecule has 9 heavy (non-hydrogen) atoms. The van der Waals surface area contributed by atoms with Crippen LogP contribution in [0.3, 0.4) is 0 Å². The molecule has 0 bridgehead atoms. The normalized spacial score (nSPS) is 17.3. The molecule has 0 rings (SSSR count). The number of hydrogen-bond acceptors (Lipinski definition) is 2. The lowest BCUT2D eigenvalue weighted by Crippen LogP contribution is -2.34. The van der Waals surface area contributed by atoms with Gasteiger partial charge in [-0.15, -0.1) is 11.6 Å². The Balaban J connectivity index is 3.82. The van der Waals surface area contributed by atoms with E-state index in [9.17, 15) is 0 Å². The Morgan fingerprint density at radius 2 is 2.33 bits per heavy atom. The minimum atomic E-state index is -0.596. The van der Waals surface area contributed by atoms with Gasteiger partial charge in [0.2, 0.25) is 0 Å². The van der Waals surface area contributed by atoms with E-state index in [2.05, 4.69) is 20.8 Å². The molecule has 0 aliphatic rings. The van der Waals surface area contributed by atoms with Gasteiger partial charge >= 0.3 is 0 Å². The molecule has 0 saturated heterocycles. The van der Waals surface area contributed by atoms with Gasteiger partial charge in [0, 0.05) is 5.33 Å². The van der Waals surface area contributed by atoms with Gasteiger partial charge in [0.15, 0.2) is 0 Å². The summed E-state index contributed by atoms with van der Waals surface area (Å²) in [6.07, 6.45) is 0.693. The lowest BCUT2D eigenvalue weighted by molar-refractivity contribution is -0.309. The van der Waals surface area contributed by atoms with Gasteiger partial charge in [0.05, 0.1) is 5.88 Å². The number of halogens is 2. The average molecular weight is 217 g/mol. The number of rotatable bonds is 4. The first kappa shape index (κ1) is 9.69. The summed E-state index contributed by atoms with van der Waals surface area (Å²) in [6.45, 7) is 1.90. The Labute approximate surface area is 68.2 Å². The molecular formula is C5H10BrClO2. The van der Waals surface area contributed by atoms with E-state index < -0.39 is 5.60 Å². The Bertz CT molecular complexity index is 57.8. The number of hydrogen-bond donors (Lipinski definition) is 1. The molecule has 0 aromatic rings. The molecule has 1 unspecified atom stereocenters. The van der Waals surface area contributed by atoms with Crippen molar-refractivity contribution in [2.45, 2.75) is 18.9 Å². The molecule has 0 amide bonds. The van der Waals surface area contributed by atoms with Crippen LogP contribution in [0.2, 0.25) is 0 Å². The van der Waals surface area contributed by atoms with E-state index in [0.717, 1.165) is 0 Å². The van der Waals surface area contributed by atoms with Crippen molar-refractivity contribution in [1.29, 1.82) is 0 Å². The third-order valence-electron chi connectivity index (χ3n) is 1.33. The van der Waals surface area contributed by atoms with Crippen molar-refractivity contribution in [3.05, 3.63) is 0 Å². The van der Waals surface area contributed by atoms with Crippen molar-refractivity contribution in [3.8, 4) is 0 Å². The zero-order valence-corrected chi connectivity index (χ0v) is 7.57. The molecule has 0 aromatic heterocycles. The maximum absolute atomic E-state index is 8.36. The topological polar surface area (TPSA) is 29.5 Å². The second-order valence-corrected chi connectivity index (χ2v) is 2.72. The van der Waals surface area contributed by atoms with E-state index in [0.29, 0.717) is 17.6 Å². The van der Waals surface area contributed by atoms with Gasteiger partial charge < -0.3 is 0 Å². The fraction of sp³-hybridized carbons (Fsp3) is 1.00. The van der Waals surface area contributed by atoms with Gasteiger partial charge in [-0.25, -0.2) is 4.89 Å². The fourth-order valence-electron chi connectivity index (χ4n) is 0.338. The zero-order valence-electron chi connectivity index (χ0n) is 5.23. The second kappa shape index (κ2) is 4.50. The minimum Gasteiger partial charge on any atom is -0.251 e. The maximum Gasteiger partial charge on any atom is 0.126 e. The van der Waals surface area contributed by atoms with Crippen molar-refractivity contribution in [3.63, 3.8) is 0 Å². The van der Waals surface area contributed by atoms with Crippen molar-refractivity contribution >= 4 is 27.5 Å². The van der Waals surface area contributed by atoms with E-state index in [1.807, 2.05) is 6.92 Å². The molecule has 0 spiro atoms. The van der Waals surface area contributed by atoms with Crippen LogP contribution < -0.4 is 0 Å². The Kier molecular flexibility index (Phi) is 4.84. The lowest BCUT2D eigenvalue weighted by Gasteiger charge is -2.23. The third-order valence-corrected chi connectivity index (χ3v) is 2.83. The van der Waals surface area contributed by atoms with Gasteiger partial charge in [-0.2, -0.15) is 0 Å². The first-order valence-corrected chi connectivity index (χ1v) is 4.34. The summed E-state index contributed by atoms with van der Waals surface area (Å²) in [5, 5.41) is 8.91. The molecule has 0 aromatic carbocycles. The Morgan fingerprint density at radius 3 is 2.33 bits per heavy atom. The summed E-state index contributed by atoms with van der Waals surface area (Å²) in [5.74, 6) is 0.297. The van der Waals surface area contributed by atoms with E-state index in [1.165, 1.54) is 0 Å². The molecule has 0 radical (unpaired) electrons. The highest BCUT2D eigenvalue weighted by atomic mass is 79.9. The van der Waals surface area contributed by atoms with E-state index >= 15 is 0 Å².